The molecule has 2 heterocycles. The predicted molar refractivity (Wildman–Crippen MR) is 120 cm³/mol. The van der Waals surface area contributed by atoms with Crippen LogP contribution in [0.3, 0.4) is 0 Å². The van der Waals surface area contributed by atoms with Crippen LogP contribution in [0.1, 0.15) is 0 Å². The summed E-state index contributed by atoms with van der Waals surface area (Å²) in [5.41, 5.74) is 4.14. The first kappa shape index (κ1) is 19.6. The lowest BCUT2D eigenvalue weighted by atomic mass is 10.1. The van der Waals surface area contributed by atoms with E-state index >= 15 is 0 Å². The highest BCUT2D eigenvalue weighted by Gasteiger charge is 2.28. The van der Waals surface area contributed by atoms with Gasteiger partial charge in [-0.2, -0.15) is 0 Å². The van der Waals surface area contributed by atoms with Crippen LogP contribution >= 0.6 is 0 Å². The quantitative estimate of drug-likeness (QED) is 0.513. The molecule has 1 aliphatic heterocycles. The van der Waals surface area contributed by atoms with Crippen molar-refractivity contribution < 1.29 is 18.7 Å². The van der Waals surface area contributed by atoms with Gasteiger partial charge in [-0.05, 0) is 41.5 Å². The smallest absolute Gasteiger partial charge is 0.265 e. The molecular formula is C25H19N3O4. The van der Waals surface area contributed by atoms with Crippen LogP contribution in [0, 0.1) is 0 Å². The van der Waals surface area contributed by atoms with Crippen molar-refractivity contribution in [2.45, 2.75) is 0 Å². The van der Waals surface area contributed by atoms with E-state index in [4.69, 9.17) is 9.15 Å². The SMILES string of the molecule is O=C(CN1C(=O)COc2cc(-c3cnco3)ccc21)Nc1ccc(-c2ccccc2)cc1. The molecule has 0 spiro atoms. The van der Waals surface area contributed by atoms with Crippen molar-refractivity contribution in [2.24, 2.45) is 0 Å². The fourth-order valence-corrected chi connectivity index (χ4v) is 3.61. The van der Waals surface area contributed by atoms with E-state index in [0.717, 1.165) is 16.7 Å². The first-order chi connectivity index (χ1) is 15.7. The summed E-state index contributed by atoms with van der Waals surface area (Å²) in [7, 11) is 0. The Kier molecular flexibility index (Phi) is 5.13. The monoisotopic (exact) mass is 425 g/mol. The number of rotatable bonds is 5. The zero-order valence-electron chi connectivity index (χ0n) is 17.0. The van der Waals surface area contributed by atoms with Crippen LogP contribution in [-0.4, -0.2) is 29.9 Å². The molecule has 0 radical (unpaired) electrons. The van der Waals surface area contributed by atoms with E-state index in [0.29, 0.717) is 22.9 Å². The minimum Gasteiger partial charge on any atom is -0.482 e. The van der Waals surface area contributed by atoms with E-state index in [1.807, 2.05) is 54.6 Å². The van der Waals surface area contributed by atoms with Gasteiger partial charge >= 0.3 is 0 Å². The summed E-state index contributed by atoms with van der Waals surface area (Å²) in [6.45, 7) is -0.247. The van der Waals surface area contributed by atoms with Gasteiger partial charge in [0.15, 0.2) is 18.8 Å². The Hall–Kier alpha value is -4.39. The van der Waals surface area contributed by atoms with Crippen LogP contribution < -0.4 is 15.0 Å². The van der Waals surface area contributed by atoms with Gasteiger partial charge in [-0.3, -0.25) is 14.5 Å². The second-order valence-corrected chi connectivity index (χ2v) is 7.31. The molecule has 0 saturated heterocycles. The summed E-state index contributed by atoms with van der Waals surface area (Å²) >= 11 is 0. The number of benzene rings is 3. The zero-order valence-corrected chi connectivity index (χ0v) is 17.0. The highest BCUT2D eigenvalue weighted by molar-refractivity contribution is 6.05. The van der Waals surface area contributed by atoms with E-state index in [-0.39, 0.29) is 25.0 Å². The summed E-state index contributed by atoms with van der Waals surface area (Å²) in [5.74, 6) is 0.535. The summed E-state index contributed by atoms with van der Waals surface area (Å²) < 4.78 is 10.9. The summed E-state index contributed by atoms with van der Waals surface area (Å²) in [6, 6.07) is 22.9. The third kappa shape index (κ3) is 3.96. The average molecular weight is 425 g/mol. The Morgan fingerprint density at radius 2 is 1.72 bits per heavy atom. The van der Waals surface area contributed by atoms with E-state index in [1.165, 1.54) is 11.3 Å². The van der Waals surface area contributed by atoms with Gasteiger partial charge in [0, 0.05) is 11.3 Å². The molecule has 1 N–H and O–H groups in total. The number of aromatic nitrogens is 1. The molecule has 0 unspecified atom stereocenters. The molecule has 1 aromatic heterocycles. The van der Waals surface area contributed by atoms with Crippen LogP contribution in [0.25, 0.3) is 22.5 Å². The first-order valence-corrected chi connectivity index (χ1v) is 10.1. The van der Waals surface area contributed by atoms with E-state index < -0.39 is 0 Å². The number of carbonyl (C=O) groups is 2. The molecule has 5 rings (SSSR count). The lowest BCUT2D eigenvalue weighted by Crippen LogP contribution is -2.43. The Labute approximate surface area is 184 Å². The molecule has 0 saturated carbocycles. The van der Waals surface area contributed by atoms with Gasteiger partial charge in [0.25, 0.3) is 5.91 Å². The van der Waals surface area contributed by atoms with E-state index in [9.17, 15) is 9.59 Å². The molecule has 7 heteroatoms. The van der Waals surface area contributed by atoms with Crippen molar-refractivity contribution in [3.05, 3.63) is 85.4 Å². The molecule has 32 heavy (non-hydrogen) atoms. The van der Waals surface area contributed by atoms with Crippen LogP contribution in [0.2, 0.25) is 0 Å². The minimum absolute atomic E-state index is 0.114. The second-order valence-electron chi connectivity index (χ2n) is 7.31. The van der Waals surface area contributed by atoms with Gasteiger partial charge in [0.05, 0.1) is 11.9 Å². The van der Waals surface area contributed by atoms with Crippen LogP contribution in [0.4, 0.5) is 11.4 Å². The van der Waals surface area contributed by atoms with Gasteiger partial charge in [-0.25, -0.2) is 4.98 Å². The molecule has 3 aromatic carbocycles. The van der Waals surface area contributed by atoms with Crippen molar-refractivity contribution >= 4 is 23.2 Å². The number of hydrogen-bond donors (Lipinski definition) is 1. The van der Waals surface area contributed by atoms with Crippen LogP contribution in [-0.2, 0) is 9.59 Å². The molecule has 0 fully saturated rings. The maximum atomic E-state index is 12.7. The van der Waals surface area contributed by atoms with Crippen molar-refractivity contribution in [3.63, 3.8) is 0 Å². The first-order valence-electron chi connectivity index (χ1n) is 10.1. The lowest BCUT2D eigenvalue weighted by molar-refractivity contribution is -0.123. The standard InChI is InChI=1S/C25H19N3O4/c29-24(27-20-9-6-18(7-10-20)17-4-2-1-3-5-17)14-28-21-11-8-19(23-13-26-16-32-23)12-22(21)31-15-25(28)30/h1-13,16H,14-15H2,(H,27,29). The van der Waals surface area contributed by atoms with Crippen LogP contribution in [0.15, 0.2) is 89.8 Å². The molecular weight excluding hydrogens is 406 g/mol. The van der Waals surface area contributed by atoms with Gasteiger partial charge in [0.2, 0.25) is 5.91 Å². The molecule has 158 valence electrons. The lowest BCUT2D eigenvalue weighted by Gasteiger charge is -2.29. The number of carbonyl (C=O) groups excluding carboxylic acids is 2. The summed E-state index contributed by atoms with van der Waals surface area (Å²) in [6.07, 6.45) is 2.95. The van der Waals surface area contributed by atoms with Gasteiger partial charge in [-0.1, -0.05) is 42.5 Å². The third-order valence-electron chi connectivity index (χ3n) is 5.20. The number of anilines is 2. The molecule has 0 atom stereocenters. The number of nitrogens with zero attached hydrogens (tertiary/aromatic N) is 2. The largest absolute Gasteiger partial charge is 0.482 e. The van der Waals surface area contributed by atoms with Crippen molar-refractivity contribution in [1.29, 1.82) is 0 Å². The number of hydrogen-bond acceptors (Lipinski definition) is 5. The minimum atomic E-state index is -0.294. The normalized spacial score (nSPS) is 12.8. The zero-order chi connectivity index (χ0) is 21.9. The molecule has 0 bridgehead atoms. The Morgan fingerprint density at radius 3 is 2.47 bits per heavy atom. The maximum Gasteiger partial charge on any atom is 0.265 e. The molecule has 4 aromatic rings. The summed E-state index contributed by atoms with van der Waals surface area (Å²) in [5, 5.41) is 2.86. The fraction of sp³-hybridized carbons (Fsp3) is 0.0800. The van der Waals surface area contributed by atoms with E-state index in [2.05, 4.69) is 10.3 Å². The van der Waals surface area contributed by atoms with E-state index in [1.54, 1.807) is 24.4 Å². The fourth-order valence-electron chi connectivity index (χ4n) is 3.61. The van der Waals surface area contributed by atoms with Gasteiger partial charge < -0.3 is 14.5 Å². The number of ether oxygens (including phenoxy) is 1. The number of fused-ring (bicyclic) bond motifs is 1. The maximum absolute atomic E-state index is 12.7. The molecule has 1 aliphatic rings. The van der Waals surface area contributed by atoms with Gasteiger partial charge in [-0.15, -0.1) is 0 Å². The highest BCUT2D eigenvalue weighted by Crippen LogP contribution is 2.36. The number of oxazole rings is 1. The van der Waals surface area contributed by atoms with Crippen molar-refractivity contribution in [1.82, 2.24) is 4.98 Å². The van der Waals surface area contributed by atoms with Crippen molar-refractivity contribution in [2.75, 3.05) is 23.4 Å². The number of amides is 2. The van der Waals surface area contributed by atoms with Crippen molar-refractivity contribution in [3.8, 4) is 28.2 Å². The molecule has 7 nitrogen and oxygen atoms in total. The Bertz CT molecular complexity index is 1250. The van der Waals surface area contributed by atoms with Gasteiger partial charge in [0.1, 0.15) is 12.3 Å². The third-order valence-corrected chi connectivity index (χ3v) is 5.20. The predicted octanol–water partition coefficient (Wildman–Crippen LogP) is 4.37. The summed E-state index contributed by atoms with van der Waals surface area (Å²) in [4.78, 5) is 30.5. The Balaban J connectivity index is 1.30. The Morgan fingerprint density at radius 1 is 0.969 bits per heavy atom. The molecule has 2 amide bonds. The average Bonchev–Trinajstić information content (AvgIpc) is 3.37. The number of nitrogens with one attached hydrogen (secondary N) is 1. The highest BCUT2D eigenvalue weighted by atomic mass is 16.5. The van der Waals surface area contributed by atoms with Crippen LogP contribution in [0.5, 0.6) is 5.75 Å². The second kappa shape index (κ2) is 8.39. The topological polar surface area (TPSA) is 84.7 Å². The molecule has 0 aliphatic carbocycles.